The van der Waals surface area contributed by atoms with Crippen molar-refractivity contribution in [3.05, 3.63) is 0 Å². The number of carbonyl (C=O) groups is 1. The summed E-state index contributed by atoms with van der Waals surface area (Å²) in [6.45, 7) is 17.7. The van der Waals surface area contributed by atoms with Crippen molar-refractivity contribution >= 4 is 11.9 Å². The van der Waals surface area contributed by atoms with Gasteiger partial charge in [-0.25, -0.2) is 0 Å². The summed E-state index contributed by atoms with van der Waals surface area (Å²) in [6, 6.07) is 0. The zero-order valence-electron chi connectivity index (χ0n) is 17.9. The van der Waals surface area contributed by atoms with Crippen LogP contribution in [0.3, 0.4) is 0 Å². The highest BCUT2D eigenvalue weighted by Crippen LogP contribution is 2.18. The topological polar surface area (TPSA) is 51.2 Å². The van der Waals surface area contributed by atoms with Gasteiger partial charge < -0.3 is 20.0 Å². The normalized spacial score (nSPS) is 18.9. The number of likely N-dealkylation sites (tertiary alicyclic amines) is 1. The highest BCUT2D eigenvalue weighted by molar-refractivity contribution is 5.86. The maximum absolute atomic E-state index is 12.4. The monoisotopic (exact) mass is 367 g/mol. The van der Waals surface area contributed by atoms with Gasteiger partial charge in [0.15, 0.2) is 5.96 Å². The van der Waals surface area contributed by atoms with Crippen molar-refractivity contribution in [2.24, 2.45) is 16.8 Å². The standard InChI is InChI=1S/C20H41N5O/c1-7-21-20(23(6)16-19(26)25(8-2)9-3)22-13-18-11-10-12-24(15-18)14-17(4)5/h17-18H,7-16H2,1-6H3,(H,21,22). The Morgan fingerprint density at radius 1 is 1.27 bits per heavy atom. The van der Waals surface area contributed by atoms with E-state index in [1.165, 1.54) is 25.9 Å². The summed E-state index contributed by atoms with van der Waals surface area (Å²) in [5, 5.41) is 3.34. The van der Waals surface area contributed by atoms with Gasteiger partial charge in [-0.2, -0.15) is 0 Å². The van der Waals surface area contributed by atoms with Crippen LogP contribution in [-0.4, -0.2) is 86.0 Å². The largest absolute Gasteiger partial charge is 0.357 e. The van der Waals surface area contributed by atoms with Crippen LogP contribution in [0.4, 0.5) is 0 Å². The number of likely N-dealkylation sites (N-methyl/N-ethyl adjacent to an activating group) is 2. The molecule has 0 aliphatic carbocycles. The predicted molar refractivity (Wildman–Crippen MR) is 111 cm³/mol. The Balaban J connectivity index is 2.62. The molecule has 1 N–H and O–H groups in total. The molecule has 0 aromatic rings. The van der Waals surface area contributed by atoms with Crippen LogP contribution in [-0.2, 0) is 4.79 Å². The minimum atomic E-state index is 0.156. The van der Waals surface area contributed by atoms with Gasteiger partial charge in [0.25, 0.3) is 0 Å². The van der Waals surface area contributed by atoms with E-state index >= 15 is 0 Å². The number of nitrogens with one attached hydrogen (secondary N) is 1. The van der Waals surface area contributed by atoms with Crippen LogP contribution < -0.4 is 5.32 Å². The van der Waals surface area contributed by atoms with Crippen LogP contribution in [0.25, 0.3) is 0 Å². The second kappa shape index (κ2) is 12.2. The lowest BCUT2D eigenvalue weighted by molar-refractivity contribution is -0.131. The summed E-state index contributed by atoms with van der Waals surface area (Å²) in [5.74, 6) is 2.33. The third-order valence-corrected chi connectivity index (χ3v) is 4.91. The predicted octanol–water partition coefficient (Wildman–Crippen LogP) is 2.12. The Hall–Kier alpha value is -1.30. The molecule has 0 aromatic carbocycles. The van der Waals surface area contributed by atoms with E-state index in [0.717, 1.165) is 38.7 Å². The van der Waals surface area contributed by atoms with Gasteiger partial charge in [0.1, 0.15) is 0 Å². The minimum Gasteiger partial charge on any atom is -0.357 e. The molecule has 0 saturated carbocycles. The highest BCUT2D eigenvalue weighted by atomic mass is 16.2. The van der Waals surface area contributed by atoms with E-state index in [4.69, 9.17) is 4.99 Å². The zero-order chi connectivity index (χ0) is 19.5. The molecular formula is C20H41N5O. The van der Waals surface area contributed by atoms with Crippen LogP contribution in [0.1, 0.15) is 47.5 Å². The number of nitrogens with zero attached hydrogens (tertiary/aromatic N) is 4. The molecule has 1 saturated heterocycles. The molecule has 1 aliphatic heterocycles. The number of rotatable bonds is 9. The molecule has 1 atom stereocenters. The molecule has 1 amide bonds. The van der Waals surface area contributed by atoms with E-state index in [1.807, 2.05) is 30.7 Å². The van der Waals surface area contributed by atoms with Crippen LogP contribution in [0.15, 0.2) is 4.99 Å². The number of carbonyl (C=O) groups excluding carboxylic acids is 1. The SMILES string of the molecule is CCNC(=NCC1CCCN(CC(C)C)C1)N(C)CC(=O)N(CC)CC. The number of hydrogen-bond donors (Lipinski definition) is 1. The summed E-state index contributed by atoms with van der Waals surface area (Å²) in [4.78, 5) is 23.6. The van der Waals surface area contributed by atoms with Gasteiger partial charge in [-0.1, -0.05) is 13.8 Å². The molecule has 0 bridgehead atoms. The fourth-order valence-corrected chi connectivity index (χ4v) is 3.62. The van der Waals surface area contributed by atoms with Gasteiger partial charge in [-0.15, -0.1) is 0 Å². The van der Waals surface area contributed by atoms with E-state index in [0.29, 0.717) is 18.4 Å². The lowest BCUT2D eigenvalue weighted by Crippen LogP contribution is -2.46. The van der Waals surface area contributed by atoms with E-state index < -0.39 is 0 Å². The Morgan fingerprint density at radius 3 is 2.54 bits per heavy atom. The zero-order valence-corrected chi connectivity index (χ0v) is 17.9. The number of aliphatic imine (C=N–C) groups is 1. The minimum absolute atomic E-state index is 0.156. The molecule has 1 fully saturated rings. The first-order valence-corrected chi connectivity index (χ1v) is 10.4. The molecule has 0 radical (unpaired) electrons. The van der Waals surface area contributed by atoms with Gasteiger partial charge in [0, 0.05) is 46.3 Å². The first kappa shape index (κ1) is 22.7. The Bertz CT molecular complexity index is 434. The van der Waals surface area contributed by atoms with Gasteiger partial charge in [-0.05, 0) is 52.0 Å². The maximum atomic E-state index is 12.4. The van der Waals surface area contributed by atoms with Crippen LogP contribution >= 0.6 is 0 Å². The molecule has 6 heteroatoms. The van der Waals surface area contributed by atoms with Crippen molar-refractivity contribution in [3.8, 4) is 0 Å². The van der Waals surface area contributed by atoms with Crippen molar-refractivity contribution < 1.29 is 4.79 Å². The van der Waals surface area contributed by atoms with Crippen molar-refractivity contribution in [1.82, 2.24) is 20.0 Å². The summed E-state index contributed by atoms with van der Waals surface area (Å²) in [6.07, 6.45) is 2.51. The van der Waals surface area contributed by atoms with Crippen LogP contribution in [0, 0.1) is 11.8 Å². The second-order valence-electron chi connectivity index (χ2n) is 7.78. The quantitative estimate of drug-likeness (QED) is 0.501. The fourth-order valence-electron chi connectivity index (χ4n) is 3.62. The molecule has 0 aromatic heterocycles. The van der Waals surface area contributed by atoms with Crippen molar-refractivity contribution in [3.63, 3.8) is 0 Å². The van der Waals surface area contributed by atoms with E-state index in [9.17, 15) is 4.79 Å². The lowest BCUT2D eigenvalue weighted by atomic mass is 9.97. The Morgan fingerprint density at radius 2 is 1.96 bits per heavy atom. The van der Waals surface area contributed by atoms with Crippen LogP contribution in [0.5, 0.6) is 0 Å². The van der Waals surface area contributed by atoms with Gasteiger partial charge in [0.2, 0.25) is 5.91 Å². The second-order valence-corrected chi connectivity index (χ2v) is 7.78. The number of hydrogen-bond acceptors (Lipinski definition) is 3. The molecule has 1 heterocycles. The number of amides is 1. The molecule has 152 valence electrons. The molecule has 6 nitrogen and oxygen atoms in total. The lowest BCUT2D eigenvalue weighted by Gasteiger charge is -2.33. The highest BCUT2D eigenvalue weighted by Gasteiger charge is 2.21. The van der Waals surface area contributed by atoms with E-state index in [-0.39, 0.29) is 5.91 Å². The molecule has 26 heavy (non-hydrogen) atoms. The Kier molecular flexibility index (Phi) is 10.6. The van der Waals surface area contributed by atoms with Crippen molar-refractivity contribution in [2.75, 3.05) is 59.4 Å². The smallest absolute Gasteiger partial charge is 0.242 e. The first-order chi connectivity index (χ1) is 12.4. The summed E-state index contributed by atoms with van der Waals surface area (Å²) in [5.41, 5.74) is 0. The van der Waals surface area contributed by atoms with Gasteiger partial charge in [-0.3, -0.25) is 9.79 Å². The van der Waals surface area contributed by atoms with Crippen LogP contribution in [0.2, 0.25) is 0 Å². The molecular weight excluding hydrogens is 326 g/mol. The average molecular weight is 368 g/mol. The van der Waals surface area contributed by atoms with Crippen molar-refractivity contribution in [1.29, 1.82) is 0 Å². The van der Waals surface area contributed by atoms with E-state index in [1.54, 1.807) is 0 Å². The average Bonchev–Trinajstić information content (AvgIpc) is 2.59. The van der Waals surface area contributed by atoms with Gasteiger partial charge in [0.05, 0.1) is 6.54 Å². The van der Waals surface area contributed by atoms with E-state index in [2.05, 4.69) is 31.0 Å². The molecule has 1 unspecified atom stereocenters. The fraction of sp³-hybridized carbons (Fsp3) is 0.900. The Labute approximate surface area is 161 Å². The summed E-state index contributed by atoms with van der Waals surface area (Å²) >= 11 is 0. The number of piperidine rings is 1. The summed E-state index contributed by atoms with van der Waals surface area (Å²) in [7, 11) is 1.95. The maximum Gasteiger partial charge on any atom is 0.242 e. The third-order valence-electron chi connectivity index (χ3n) is 4.91. The van der Waals surface area contributed by atoms with Crippen molar-refractivity contribution in [2.45, 2.75) is 47.5 Å². The molecule has 0 spiro atoms. The summed E-state index contributed by atoms with van der Waals surface area (Å²) < 4.78 is 0. The number of guanidine groups is 1. The third kappa shape index (κ3) is 7.94. The molecule has 1 rings (SSSR count). The van der Waals surface area contributed by atoms with Gasteiger partial charge >= 0.3 is 0 Å². The first-order valence-electron chi connectivity index (χ1n) is 10.4. The molecule has 1 aliphatic rings.